The first-order valence-electron chi connectivity index (χ1n) is 5.25. The number of rotatable bonds is 4. The lowest BCUT2D eigenvalue weighted by atomic mass is 10.1. The van der Waals surface area contributed by atoms with E-state index in [2.05, 4.69) is 0 Å². The van der Waals surface area contributed by atoms with Crippen molar-refractivity contribution in [3.05, 3.63) is 34.3 Å². The minimum absolute atomic E-state index is 0.0286. The number of aryl methyl sites for hydroxylation is 1. The molecule has 16 heavy (non-hydrogen) atoms. The minimum atomic E-state index is -0.0952. The Bertz CT molecular complexity index is 359. The average Bonchev–Trinajstić information content (AvgIpc) is 2.23. The van der Waals surface area contributed by atoms with Crippen LogP contribution in [0.2, 0.25) is 5.02 Å². The van der Waals surface area contributed by atoms with Crippen LogP contribution in [0.25, 0.3) is 0 Å². The molecule has 0 aliphatic carbocycles. The highest BCUT2D eigenvalue weighted by Crippen LogP contribution is 2.16. The number of benzene rings is 1. The topological polar surface area (TPSA) is 40.5 Å². The molecule has 88 valence electrons. The Labute approximate surface area is 101 Å². The predicted octanol–water partition coefficient (Wildman–Crippen LogP) is 2.10. The van der Waals surface area contributed by atoms with Gasteiger partial charge in [0.15, 0.2) is 0 Å². The molecule has 0 saturated heterocycles. The summed E-state index contributed by atoms with van der Waals surface area (Å²) in [5, 5.41) is 9.41. The zero-order valence-corrected chi connectivity index (χ0v) is 10.3. The summed E-state index contributed by atoms with van der Waals surface area (Å²) in [7, 11) is 0. The molecule has 0 unspecified atom stereocenters. The molecule has 0 fully saturated rings. The van der Waals surface area contributed by atoms with E-state index in [0.717, 1.165) is 5.56 Å². The van der Waals surface area contributed by atoms with Gasteiger partial charge < -0.3 is 10.0 Å². The molecule has 0 aliphatic rings. The molecule has 1 rings (SSSR count). The highest BCUT2D eigenvalue weighted by atomic mass is 35.5. The third-order valence-electron chi connectivity index (χ3n) is 2.33. The van der Waals surface area contributed by atoms with Gasteiger partial charge in [0.2, 0.25) is 0 Å². The highest BCUT2D eigenvalue weighted by molar-refractivity contribution is 6.31. The van der Waals surface area contributed by atoms with Gasteiger partial charge in [-0.25, -0.2) is 0 Å². The molecule has 0 heterocycles. The van der Waals surface area contributed by atoms with Gasteiger partial charge in [-0.15, -0.1) is 0 Å². The third kappa shape index (κ3) is 3.22. The zero-order valence-electron chi connectivity index (χ0n) is 9.53. The van der Waals surface area contributed by atoms with Crippen molar-refractivity contribution in [2.75, 3.05) is 19.7 Å². The van der Waals surface area contributed by atoms with Crippen LogP contribution in [0.4, 0.5) is 0 Å². The van der Waals surface area contributed by atoms with Gasteiger partial charge in [-0.1, -0.05) is 11.6 Å². The molecular formula is C12H16ClNO2. The first kappa shape index (κ1) is 13.0. The van der Waals surface area contributed by atoms with E-state index in [4.69, 9.17) is 16.7 Å². The minimum Gasteiger partial charge on any atom is -0.395 e. The van der Waals surface area contributed by atoms with Crippen molar-refractivity contribution < 1.29 is 9.90 Å². The number of amides is 1. The summed E-state index contributed by atoms with van der Waals surface area (Å²) in [5.41, 5.74) is 1.52. The van der Waals surface area contributed by atoms with Crippen LogP contribution in [-0.4, -0.2) is 35.6 Å². The summed E-state index contributed by atoms with van der Waals surface area (Å²) in [5.74, 6) is -0.0952. The number of halogens is 1. The lowest BCUT2D eigenvalue weighted by Crippen LogP contribution is -2.33. The molecule has 1 aromatic carbocycles. The maximum Gasteiger partial charge on any atom is 0.253 e. The number of carbonyl (C=O) groups excluding carboxylic acids is 1. The largest absolute Gasteiger partial charge is 0.395 e. The highest BCUT2D eigenvalue weighted by Gasteiger charge is 2.14. The van der Waals surface area contributed by atoms with Crippen LogP contribution in [0.5, 0.6) is 0 Å². The van der Waals surface area contributed by atoms with Crippen LogP contribution >= 0.6 is 11.6 Å². The Balaban J connectivity index is 2.94. The lowest BCUT2D eigenvalue weighted by Gasteiger charge is -2.19. The first-order valence-corrected chi connectivity index (χ1v) is 5.63. The zero-order chi connectivity index (χ0) is 12.1. The Hall–Kier alpha value is -1.06. The van der Waals surface area contributed by atoms with Gasteiger partial charge in [-0.2, -0.15) is 0 Å². The van der Waals surface area contributed by atoms with Crippen LogP contribution in [0.3, 0.4) is 0 Å². The molecule has 4 heteroatoms. The van der Waals surface area contributed by atoms with Crippen LogP contribution in [0.15, 0.2) is 18.2 Å². The Morgan fingerprint density at radius 3 is 2.62 bits per heavy atom. The van der Waals surface area contributed by atoms with E-state index in [1.165, 1.54) is 0 Å². The number of carbonyl (C=O) groups is 1. The van der Waals surface area contributed by atoms with Crippen molar-refractivity contribution in [2.24, 2.45) is 0 Å². The lowest BCUT2D eigenvalue weighted by molar-refractivity contribution is 0.0732. The van der Waals surface area contributed by atoms with Gasteiger partial charge in [0, 0.05) is 23.7 Å². The van der Waals surface area contributed by atoms with Crippen molar-refractivity contribution in [3.63, 3.8) is 0 Å². The monoisotopic (exact) mass is 241 g/mol. The fourth-order valence-electron chi connectivity index (χ4n) is 1.57. The molecule has 0 aliphatic heterocycles. The van der Waals surface area contributed by atoms with Crippen molar-refractivity contribution in [1.29, 1.82) is 0 Å². The van der Waals surface area contributed by atoms with Gasteiger partial charge in [0.1, 0.15) is 0 Å². The Kier molecular flexibility index (Phi) is 4.77. The van der Waals surface area contributed by atoms with E-state index in [9.17, 15) is 4.79 Å². The normalized spacial score (nSPS) is 10.2. The van der Waals surface area contributed by atoms with Gasteiger partial charge in [0.05, 0.1) is 6.61 Å². The van der Waals surface area contributed by atoms with Crippen LogP contribution in [0.1, 0.15) is 22.8 Å². The molecule has 3 nitrogen and oxygen atoms in total. The van der Waals surface area contributed by atoms with Crippen molar-refractivity contribution >= 4 is 17.5 Å². The average molecular weight is 242 g/mol. The molecule has 0 aromatic heterocycles. The molecule has 1 amide bonds. The van der Waals surface area contributed by atoms with E-state index >= 15 is 0 Å². The maximum atomic E-state index is 12.0. The summed E-state index contributed by atoms with van der Waals surface area (Å²) in [6, 6.07) is 5.26. The van der Waals surface area contributed by atoms with Gasteiger partial charge in [-0.05, 0) is 37.6 Å². The second-order valence-electron chi connectivity index (χ2n) is 3.63. The Morgan fingerprint density at radius 1 is 1.44 bits per heavy atom. The fourth-order valence-corrected chi connectivity index (χ4v) is 1.86. The van der Waals surface area contributed by atoms with Crippen molar-refractivity contribution in [3.8, 4) is 0 Å². The number of hydrogen-bond donors (Lipinski definition) is 1. The smallest absolute Gasteiger partial charge is 0.253 e. The first-order chi connectivity index (χ1) is 7.58. The molecule has 0 atom stereocenters. The van der Waals surface area contributed by atoms with E-state index in [0.29, 0.717) is 23.7 Å². The second kappa shape index (κ2) is 5.87. The van der Waals surface area contributed by atoms with Crippen molar-refractivity contribution in [2.45, 2.75) is 13.8 Å². The van der Waals surface area contributed by atoms with E-state index < -0.39 is 0 Å². The summed E-state index contributed by atoms with van der Waals surface area (Å²) in [6.07, 6.45) is 0. The van der Waals surface area contributed by atoms with Gasteiger partial charge in [0.25, 0.3) is 5.91 Å². The van der Waals surface area contributed by atoms with E-state index in [1.54, 1.807) is 23.1 Å². The van der Waals surface area contributed by atoms with Crippen LogP contribution < -0.4 is 0 Å². The number of aliphatic hydroxyl groups is 1. The molecule has 0 radical (unpaired) electrons. The quantitative estimate of drug-likeness (QED) is 0.877. The number of nitrogens with zero attached hydrogens (tertiary/aromatic N) is 1. The summed E-state index contributed by atoms with van der Waals surface area (Å²) >= 11 is 5.90. The third-order valence-corrected chi connectivity index (χ3v) is 2.55. The second-order valence-corrected chi connectivity index (χ2v) is 4.06. The number of aliphatic hydroxyl groups excluding tert-OH is 1. The molecular weight excluding hydrogens is 226 g/mol. The van der Waals surface area contributed by atoms with E-state index in [-0.39, 0.29) is 12.5 Å². The standard InChI is InChI=1S/C12H16ClNO2/c1-3-14(4-5-15)12(16)10-6-9(2)7-11(13)8-10/h6-8,15H,3-5H2,1-2H3. The molecule has 0 saturated carbocycles. The molecule has 0 spiro atoms. The Morgan fingerprint density at radius 2 is 2.12 bits per heavy atom. The summed E-state index contributed by atoms with van der Waals surface area (Å²) in [6.45, 7) is 4.67. The van der Waals surface area contributed by atoms with E-state index in [1.807, 2.05) is 13.8 Å². The maximum absolute atomic E-state index is 12.0. The summed E-state index contributed by atoms with van der Waals surface area (Å²) in [4.78, 5) is 13.6. The van der Waals surface area contributed by atoms with Gasteiger partial charge >= 0.3 is 0 Å². The summed E-state index contributed by atoms with van der Waals surface area (Å²) < 4.78 is 0. The van der Waals surface area contributed by atoms with Gasteiger partial charge in [-0.3, -0.25) is 4.79 Å². The molecule has 0 bridgehead atoms. The van der Waals surface area contributed by atoms with Crippen LogP contribution in [-0.2, 0) is 0 Å². The SMILES string of the molecule is CCN(CCO)C(=O)c1cc(C)cc(Cl)c1. The molecule has 1 N–H and O–H groups in total. The van der Waals surface area contributed by atoms with Crippen molar-refractivity contribution in [1.82, 2.24) is 4.90 Å². The number of likely N-dealkylation sites (N-methyl/N-ethyl adjacent to an activating group) is 1. The molecule has 1 aromatic rings. The number of hydrogen-bond acceptors (Lipinski definition) is 2. The fraction of sp³-hybridized carbons (Fsp3) is 0.417. The van der Waals surface area contributed by atoms with Crippen LogP contribution in [0, 0.1) is 6.92 Å². The predicted molar refractivity (Wildman–Crippen MR) is 64.9 cm³/mol.